The van der Waals surface area contributed by atoms with E-state index in [9.17, 15) is 0 Å². The molecule has 0 fully saturated rings. The molecule has 0 radical (unpaired) electrons. The van der Waals surface area contributed by atoms with Gasteiger partial charge in [-0.3, -0.25) is 4.98 Å². The number of nitrogens with two attached hydrogens (primary N) is 1. The van der Waals surface area contributed by atoms with Crippen molar-refractivity contribution in [3.63, 3.8) is 0 Å². The number of ether oxygens (including phenoxy) is 2. The van der Waals surface area contributed by atoms with Gasteiger partial charge in [0.1, 0.15) is 19.0 Å². The lowest BCUT2D eigenvalue weighted by atomic mass is 10.1. The zero-order chi connectivity index (χ0) is 21.6. The van der Waals surface area contributed by atoms with Crippen LogP contribution in [0.1, 0.15) is 5.56 Å². The van der Waals surface area contributed by atoms with Crippen molar-refractivity contribution in [1.82, 2.24) is 24.9 Å². The molecule has 4 rings (SSSR count). The van der Waals surface area contributed by atoms with E-state index < -0.39 is 0 Å². The zero-order valence-electron chi connectivity index (χ0n) is 16.7. The van der Waals surface area contributed by atoms with Crippen LogP contribution in [0.25, 0.3) is 22.5 Å². The summed E-state index contributed by atoms with van der Waals surface area (Å²) < 4.78 is 12.3. The number of anilines is 1. The number of hydrogen-bond donors (Lipinski definition) is 1. The van der Waals surface area contributed by atoms with E-state index in [-0.39, 0.29) is 19.2 Å². The number of halogens is 1. The van der Waals surface area contributed by atoms with Gasteiger partial charge in [-0.2, -0.15) is 4.98 Å². The number of pyridine rings is 1. The molecule has 156 valence electrons. The predicted octanol–water partition coefficient (Wildman–Crippen LogP) is 4.11. The van der Waals surface area contributed by atoms with E-state index in [1.54, 1.807) is 24.8 Å². The van der Waals surface area contributed by atoms with Crippen molar-refractivity contribution in [2.45, 2.75) is 6.92 Å². The Labute approximate surface area is 187 Å². The van der Waals surface area contributed by atoms with Crippen LogP contribution in [-0.4, -0.2) is 38.1 Å². The van der Waals surface area contributed by atoms with Crippen LogP contribution >= 0.6 is 15.9 Å². The van der Waals surface area contributed by atoms with E-state index >= 15 is 0 Å². The third-order valence-electron chi connectivity index (χ3n) is 4.33. The SMILES string of the molecule is Cc1ccc(-c2c(N)nc(-c3ccncc3)nc2OCCOc2ncc(Br)cn2)cc1. The van der Waals surface area contributed by atoms with Gasteiger partial charge in [0, 0.05) is 30.4 Å². The first-order valence-electron chi connectivity index (χ1n) is 9.48. The first kappa shape index (κ1) is 20.7. The maximum Gasteiger partial charge on any atom is 0.316 e. The average Bonchev–Trinajstić information content (AvgIpc) is 2.79. The number of aromatic nitrogens is 5. The Kier molecular flexibility index (Phi) is 6.32. The third kappa shape index (κ3) is 5.13. The summed E-state index contributed by atoms with van der Waals surface area (Å²) in [6.45, 7) is 2.49. The van der Waals surface area contributed by atoms with Gasteiger partial charge < -0.3 is 15.2 Å². The molecule has 0 bridgehead atoms. The van der Waals surface area contributed by atoms with Crippen LogP contribution in [0.4, 0.5) is 5.82 Å². The Bertz CT molecular complexity index is 1160. The van der Waals surface area contributed by atoms with Gasteiger partial charge >= 0.3 is 6.01 Å². The van der Waals surface area contributed by atoms with Crippen molar-refractivity contribution in [3.05, 3.63) is 71.2 Å². The van der Waals surface area contributed by atoms with E-state index in [0.717, 1.165) is 21.2 Å². The first-order valence-corrected chi connectivity index (χ1v) is 10.3. The molecule has 0 aliphatic rings. The Morgan fingerprint density at radius 1 is 0.871 bits per heavy atom. The molecule has 3 heterocycles. The molecule has 31 heavy (non-hydrogen) atoms. The topological polar surface area (TPSA) is 109 Å². The Hall–Kier alpha value is -3.59. The predicted molar refractivity (Wildman–Crippen MR) is 121 cm³/mol. The van der Waals surface area contributed by atoms with Gasteiger partial charge in [0.05, 0.1) is 10.0 Å². The van der Waals surface area contributed by atoms with Crippen LogP contribution in [0, 0.1) is 6.92 Å². The molecule has 2 N–H and O–H groups in total. The Morgan fingerprint density at radius 2 is 1.55 bits per heavy atom. The molecule has 0 atom stereocenters. The van der Waals surface area contributed by atoms with Crippen LogP contribution in [0.3, 0.4) is 0 Å². The highest BCUT2D eigenvalue weighted by atomic mass is 79.9. The molecule has 0 amide bonds. The molecule has 0 saturated carbocycles. The summed E-state index contributed by atoms with van der Waals surface area (Å²) in [6, 6.07) is 11.8. The van der Waals surface area contributed by atoms with Crippen molar-refractivity contribution in [2.24, 2.45) is 0 Å². The summed E-state index contributed by atoms with van der Waals surface area (Å²) >= 11 is 3.29. The maximum absolute atomic E-state index is 6.34. The minimum absolute atomic E-state index is 0.227. The standard InChI is InChI=1S/C22H19BrN6O2/c1-14-2-4-15(5-3-14)18-19(24)28-20(16-6-8-25-9-7-16)29-21(18)30-10-11-31-22-26-12-17(23)13-27-22/h2-9,12-13H,10-11H2,1H3,(H2,24,28,29). The second kappa shape index (κ2) is 9.48. The van der Waals surface area contributed by atoms with E-state index in [1.165, 1.54) is 0 Å². The van der Waals surface area contributed by atoms with Crippen molar-refractivity contribution in [2.75, 3.05) is 18.9 Å². The van der Waals surface area contributed by atoms with Gasteiger partial charge in [-0.1, -0.05) is 29.8 Å². The number of aryl methyl sites for hydroxylation is 1. The molecule has 0 spiro atoms. The number of benzene rings is 1. The van der Waals surface area contributed by atoms with Crippen LogP contribution in [0.15, 0.2) is 65.7 Å². The maximum atomic E-state index is 6.34. The number of nitrogen functional groups attached to an aromatic ring is 1. The molecule has 4 aromatic rings. The van der Waals surface area contributed by atoms with E-state index in [1.807, 2.05) is 43.3 Å². The highest BCUT2D eigenvalue weighted by molar-refractivity contribution is 9.10. The smallest absolute Gasteiger partial charge is 0.316 e. The first-order chi connectivity index (χ1) is 15.1. The molecule has 8 nitrogen and oxygen atoms in total. The van der Waals surface area contributed by atoms with Gasteiger partial charge in [-0.15, -0.1) is 0 Å². The summed E-state index contributed by atoms with van der Waals surface area (Å²) in [7, 11) is 0. The van der Waals surface area contributed by atoms with Crippen molar-refractivity contribution >= 4 is 21.7 Å². The molecule has 1 aromatic carbocycles. The molecule has 0 saturated heterocycles. The zero-order valence-corrected chi connectivity index (χ0v) is 18.3. The normalized spacial score (nSPS) is 10.6. The monoisotopic (exact) mass is 478 g/mol. The Morgan fingerprint density at radius 3 is 2.26 bits per heavy atom. The van der Waals surface area contributed by atoms with E-state index in [0.29, 0.717) is 23.1 Å². The minimum atomic E-state index is 0.227. The molecule has 0 unspecified atom stereocenters. The van der Waals surface area contributed by atoms with E-state index in [2.05, 4.69) is 40.8 Å². The van der Waals surface area contributed by atoms with Crippen molar-refractivity contribution in [3.8, 4) is 34.4 Å². The summed E-state index contributed by atoms with van der Waals surface area (Å²) in [5, 5.41) is 0. The van der Waals surface area contributed by atoms with Gasteiger partial charge in [0.25, 0.3) is 0 Å². The summed E-state index contributed by atoms with van der Waals surface area (Å²) in [6.07, 6.45) is 6.58. The van der Waals surface area contributed by atoms with Gasteiger partial charge in [-0.05, 0) is 40.5 Å². The molecular formula is C22H19BrN6O2. The fraction of sp³-hybridized carbons (Fsp3) is 0.136. The lowest BCUT2D eigenvalue weighted by molar-refractivity contribution is 0.202. The highest BCUT2D eigenvalue weighted by Gasteiger charge is 2.17. The average molecular weight is 479 g/mol. The molecular weight excluding hydrogens is 460 g/mol. The largest absolute Gasteiger partial charge is 0.473 e. The number of hydrogen-bond acceptors (Lipinski definition) is 8. The Balaban J connectivity index is 1.60. The summed E-state index contributed by atoms with van der Waals surface area (Å²) in [4.78, 5) is 21.3. The van der Waals surface area contributed by atoms with Crippen molar-refractivity contribution in [1.29, 1.82) is 0 Å². The second-order valence-corrected chi connectivity index (χ2v) is 7.51. The molecule has 9 heteroatoms. The van der Waals surface area contributed by atoms with Crippen LogP contribution in [0.5, 0.6) is 11.9 Å². The lowest BCUT2D eigenvalue weighted by Crippen LogP contribution is -2.13. The summed E-state index contributed by atoms with van der Waals surface area (Å²) in [5.41, 5.74) is 9.78. The minimum Gasteiger partial charge on any atom is -0.473 e. The van der Waals surface area contributed by atoms with Gasteiger partial charge in [0.2, 0.25) is 5.88 Å². The summed E-state index contributed by atoms with van der Waals surface area (Å²) in [5.74, 6) is 1.17. The second-order valence-electron chi connectivity index (χ2n) is 6.60. The van der Waals surface area contributed by atoms with Gasteiger partial charge in [-0.25, -0.2) is 15.0 Å². The van der Waals surface area contributed by atoms with E-state index in [4.69, 9.17) is 15.2 Å². The lowest BCUT2D eigenvalue weighted by Gasteiger charge is -2.14. The molecule has 0 aliphatic carbocycles. The van der Waals surface area contributed by atoms with Gasteiger partial charge in [0.15, 0.2) is 5.82 Å². The fourth-order valence-corrected chi connectivity index (χ4v) is 3.03. The van der Waals surface area contributed by atoms with Crippen LogP contribution in [-0.2, 0) is 0 Å². The molecule has 3 aromatic heterocycles. The van der Waals surface area contributed by atoms with Crippen molar-refractivity contribution < 1.29 is 9.47 Å². The molecule has 0 aliphatic heterocycles. The quantitative estimate of drug-likeness (QED) is 0.395. The highest BCUT2D eigenvalue weighted by Crippen LogP contribution is 2.35. The number of rotatable bonds is 7. The number of nitrogens with zero attached hydrogens (tertiary/aromatic N) is 5. The fourth-order valence-electron chi connectivity index (χ4n) is 2.83. The van der Waals surface area contributed by atoms with Crippen LogP contribution < -0.4 is 15.2 Å². The third-order valence-corrected chi connectivity index (χ3v) is 4.74. The van der Waals surface area contributed by atoms with Crippen LogP contribution in [0.2, 0.25) is 0 Å².